The van der Waals surface area contributed by atoms with E-state index in [9.17, 15) is 17.9 Å². The van der Waals surface area contributed by atoms with Crippen LogP contribution in [0.4, 0.5) is 21.7 Å². The number of rotatable bonds is 9. The van der Waals surface area contributed by atoms with Crippen LogP contribution in [0.25, 0.3) is 11.4 Å². The number of nitrogens with zero attached hydrogens (tertiary/aromatic N) is 7. The van der Waals surface area contributed by atoms with E-state index in [2.05, 4.69) is 47.6 Å². The summed E-state index contributed by atoms with van der Waals surface area (Å²) in [6.45, 7) is -0.332. The van der Waals surface area contributed by atoms with Crippen LogP contribution in [-0.2, 0) is 16.6 Å². The summed E-state index contributed by atoms with van der Waals surface area (Å²) in [5, 5.41) is 24.7. The zero-order valence-electron chi connectivity index (χ0n) is 22.7. The molecule has 4 aromatic heterocycles. The summed E-state index contributed by atoms with van der Waals surface area (Å²) in [6, 6.07) is 3.59. The number of pyridine rings is 1. The normalized spacial score (nSPS) is 18.7. The topological polar surface area (TPSA) is 153 Å². The van der Waals surface area contributed by atoms with Crippen molar-refractivity contribution in [1.29, 1.82) is 0 Å². The summed E-state index contributed by atoms with van der Waals surface area (Å²) >= 11 is 0. The van der Waals surface area contributed by atoms with Crippen molar-refractivity contribution >= 4 is 27.3 Å². The highest BCUT2D eigenvalue weighted by molar-refractivity contribution is 7.90. The number of aryl methyl sites for hydroxylation is 1. The smallest absolute Gasteiger partial charge is 0.256 e. The first-order chi connectivity index (χ1) is 20.4. The third kappa shape index (κ3) is 6.42. The van der Waals surface area contributed by atoms with E-state index in [0.717, 1.165) is 29.0 Å². The van der Waals surface area contributed by atoms with Gasteiger partial charge in [-0.1, -0.05) is 11.8 Å². The van der Waals surface area contributed by atoms with Crippen LogP contribution in [0.2, 0.25) is 0 Å². The average molecular weight is 592 g/mol. The van der Waals surface area contributed by atoms with Gasteiger partial charge in [0.2, 0.25) is 0 Å². The maximum Gasteiger partial charge on any atom is 0.256 e. The van der Waals surface area contributed by atoms with Gasteiger partial charge in [-0.3, -0.25) is 4.68 Å². The molecular weight excluding hydrogens is 561 g/mol. The molecule has 2 fully saturated rings. The molecule has 0 spiro atoms. The molecule has 6 rings (SSSR count). The van der Waals surface area contributed by atoms with Crippen molar-refractivity contribution < 1.29 is 17.9 Å². The predicted molar refractivity (Wildman–Crippen MR) is 154 cm³/mol. The Labute approximate surface area is 242 Å². The average Bonchev–Trinajstić information content (AvgIpc) is 3.55. The van der Waals surface area contributed by atoms with E-state index in [4.69, 9.17) is 0 Å². The number of alkyl halides is 1. The van der Waals surface area contributed by atoms with Gasteiger partial charge < -0.3 is 15.7 Å². The lowest BCUT2D eigenvalue weighted by Gasteiger charge is -2.28. The molecule has 2 aliphatic carbocycles. The molecule has 0 unspecified atom stereocenters. The van der Waals surface area contributed by atoms with Crippen LogP contribution in [0, 0.1) is 11.8 Å². The van der Waals surface area contributed by atoms with Gasteiger partial charge in [0, 0.05) is 30.7 Å². The number of hydrogen-bond acceptors (Lipinski definition) is 10. The molecule has 0 bridgehead atoms. The van der Waals surface area contributed by atoms with Crippen molar-refractivity contribution in [2.75, 3.05) is 17.3 Å². The largest absolute Gasteiger partial charge is 0.393 e. The number of halogens is 1. The molecule has 4 heterocycles. The number of hydrogen-bond donors (Lipinski definition) is 3. The minimum Gasteiger partial charge on any atom is -0.393 e. The first-order valence-corrected chi connectivity index (χ1v) is 15.3. The minimum atomic E-state index is -3.49. The van der Waals surface area contributed by atoms with E-state index in [-0.39, 0.29) is 23.9 Å². The first kappa shape index (κ1) is 27.8. The molecule has 0 saturated heterocycles. The number of aliphatic hydroxyl groups is 1. The van der Waals surface area contributed by atoms with E-state index in [1.807, 2.05) is 6.07 Å². The fraction of sp³-hybridized carbons (Fsp3) is 0.393. The highest BCUT2D eigenvalue weighted by Gasteiger charge is 2.37. The van der Waals surface area contributed by atoms with Crippen molar-refractivity contribution in [3.05, 3.63) is 60.4 Å². The van der Waals surface area contributed by atoms with Gasteiger partial charge in [0.1, 0.15) is 18.3 Å². The molecule has 3 N–H and O–H groups in total. The maximum atomic E-state index is 12.6. The summed E-state index contributed by atoms with van der Waals surface area (Å²) in [6.07, 6.45) is 13.6. The Morgan fingerprint density at radius 2 is 1.93 bits per heavy atom. The van der Waals surface area contributed by atoms with Gasteiger partial charge >= 0.3 is 0 Å². The molecule has 2 atom stereocenters. The Morgan fingerprint density at radius 3 is 2.74 bits per heavy atom. The van der Waals surface area contributed by atoms with Crippen LogP contribution >= 0.6 is 0 Å². The number of nitrogens with one attached hydrogen (secondary N) is 2. The second-order valence-corrected chi connectivity index (χ2v) is 12.5. The van der Waals surface area contributed by atoms with E-state index in [1.54, 1.807) is 30.9 Å². The van der Waals surface area contributed by atoms with Crippen LogP contribution in [0.5, 0.6) is 0 Å². The third-order valence-corrected chi connectivity index (χ3v) is 9.17. The summed E-state index contributed by atoms with van der Waals surface area (Å²) < 4.78 is 40.2. The van der Waals surface area contributed by atoms with Crippen molar-refractivity contribution in [1.82, 2.24) is 33.9 Å². The van der Waals surface area contributed by atoms with Gasteiger partial charge in [0.05, 0.1) is 58.9 Å². The molecule has 0 amide bonds. The quantitative estimate of drug-likeness (QED) is 0.248. The summed E-state index contributed by atoms with van der Waals surface area (Å²) in [7, 11) is -3.49. The van der Waals surface area contributed by atoms with Crippen LogP contribution in [0.15, 0.2) is 49.3 Å². The maximum absolute atomic E-state index is 12.6. The highest BCUT2D eigenvalue weighted by Crippen LogP contribution is 2.30. The lowest BCUT2D eigenvalue weighted by molar-refractivity contribution is 0.124. The van der Waals surface area contributed by atoms with E-state index < -0.39 is 16.7 Å². The Bertz CT molecular complexity index is 1740. The second-order valence-electron chi connectivity index (χ2n) is 10.4. The molecule has 42 heavy (non-hydrogen) atoms. The summed E-state index contributed by atoms with van der Waals surface area (Å²) in [5.41, 5.74) is 2.54. The Hall–Kier alpha value is -4.35. The van der Waals surface area contributed by atoms with Crippen molar-refractivity contribution in [2.24, 2.45) is 0 Å². The molecule has 12 nitrogen and oxygen atoms in total. The fourth-order valence-corrected chi connectivity index (χ4v) is 6.29. The SMILES string of the molecule is O=S(=O)(C1CC1)n1cc(-c2nccc(Nc3cc(N[C@H]4CCC[C@H](O)C4)c(C#Cc4cnn(CCF)c4)cn3)n2)cn1. The van der Waals surface area contributed by atoms with Crippen LogP contribution < -0.4 is 10.6 Å². The van der Waals surface area contributed by atoms with E-state index in [0.29, 0.717) is 53.4 Å². The molecule has 0 radical (unpaired) electrons. The second kappa shape index (κ2) is 11.9. The van der Waals surface area contributed by atoms with E-state index >= 15 is 0 Å². The monoisotopic (exact) mass is 591 g/mol. The molecule has 218 valence electrons. The zero-order chi connectivity index (χ0) is 29.1. The molecule has 2 aliphatic rings. The fourth-order valence-electron chi connectivity index (χ4n) is 4.81. The van der Waals surface area contributed by atoms with Crippen molar-refractivity contribution in [3.8, 4) is 23.2 Å². The van der Waals surface area contributed by atoms with Gasteiger partial charge in [-0.15, -0.1) is 0 Å². The minimum absolute atomic E-state index is 0.0750. The van der Waals surface area contributed by atoms with Crippen LogP contribution in [0.3, 0.4) is 0 Å². The molecule has 4 aromatic rings. The van der Waals surface area contributed by atoms with Gasteiger partial charge in [0.25, 0.3) is 10.0 Å². The third-order valence-electron chi connectivity index (χ3n) is 7.13. The molecular formula is C28H30FN9O3S. The van der Waals surface area contributed by atoms with Gasteiger partial charge in [-0.25, -0.2) is 27.8 Å². The van der Waals surface area contributed by atoms with Crippen LogP contribution in [0.1, 0.15) is 49.7 Å². The Balaban J connectivity index is 1.24. The van der Waals surface area contributed by atoms with E-state index in [1.165, 1.54) is 17.1 Å². The first-order valence-electron chi connectivity index (χ1n) is 13.8. The molecule has 0 aromatic carbocycles. The summed E-state index contributed by atoms with van der Waals surface area (Å²) in [4.78, 5) is 13.4. The number of aliphatic hydroxyl groups excluding tert-OH is 1. The number of anilines is 3. The standard InChI is InChI=1S/C28H30FN9O3S/c29-9-11-37-17-19(14-32-37)4-5-20-15-31-27(13-25(20)34-22-2-1-3-23(39)12-22)35-26-8-10-30-28(36-26)21-16-33-38(18-21)42(40,41)24-6-7-24/h8,10,13-18,22-24,39H,1-3,6-7,9,11-12H2,(H2,30,31,34,35,36)/t22-,23-/m0/s1. The van der Waals surface area contributed by atoms with Crippen molar-refractivity contribution in [3.63, 3.8) is 0 Å². The molecule has 2 saturated carbocycles. The van der Waals surface area contributed by atoms with Crippen molar-refractivity contribution in [2.45, 2.75) is 62.5 Å². The van der Waals surface area contributed by atoms with Gasteiger partial charge in [-0.2, -0.15) is 14.3 Å². The molecule has 14 heteroatoms. The van der Waals surface area contributed by atoms with Gasteiger partial charge in [-0.05, 0) is 44.6 Å². The number of aromatic nitrogens is 7. The molecule has 0 aliphatic heterocycles. The lowest BCUT2D eigenvalue weighted by atomic mass is 9.92. The Kier molecular flexibility index (Phi) is 7.86. The lowest BCUT2D eigenvalue weighted by Crippen LogP contribution is -2.30. The highest BCUT2D eigenvalue weighted by atomic mass is 32.2. The zero-order valence-corrected chi connectivity index (χ0v) is 23.5. The Morgan fingerprint density at radius 1 is 1.05 bits per heavy atom. The van der Waals surface area contributed by atoms with Crippen LogP contribution in [-0.4, -0.2) is 71.5 Å². The van der Waals surface area contributed by atoms with Gasteiger partial charge in [0.15, 0.2) is 5.82 Å². The summed E-state index contributed by atoms with van der Waals surface area (Å²) in [5.74, 6) is 7.49. The predicted octanol–water partition coefficient (Wildman–Crippen LogP) is 3.10.